The van der Waals surface area contributed by atoms with Gasteiger partial charge in [0, 0.05) is 36.7 Å². The van der Waals surface area contributed by atoms with Gasteiger partial charge in [-0.05, 0) is 62.1 Å². The van der Waals surface area contributed by atoms with Crippen LogP contribution in [0.1, 0.15) is 41.4 Å². The number of carbonyl (C=O) groups excluding carboxylic acids is 1. The Balaban J connectivity index is 1.55. The second kappa shape index (κ2) is 5.96. The standard InChI is InChI=1S/C19H23N3O3S/c1-12-8-15(13(2)22(12)16-4-5-16)11-20-26(24,25)17-6-7-18-14(9-17)10-19(23)21(18)3/h6-9,16,20H,4-5,10-11H2,1-3H3. The van der Waals surface area contributed by atoms with E-state index in [0.717, 1.165) is 22.5 Å². The summed E-state index contributed by atoms with van der Waals surface area (Å²) in [7, 11) is -1.92. The van der Waals surface area contributed by atoms with Crippen molar-refractivity contribution in [2.24, 2.45) is 0 Å². The number of aryl methyl sites for hydroxylation is 1. The molecular formula is C19H23N3O3S. The van der Waals surface area contributed by atoms with Gasteiger partial charge in [0.15, 0.2) is 0 Å². The number of nitrogens with zero attached hydrogens (tertiary/aromatic N) is 2. The fourth-order valence-electron chi connectivity index (χ4n) is 3.79. The molecule has 1 aromatic heterocycles. The van der Waals surface area contributed by atoms with Crippen LogP contribution in [0.2, 0.25) is 0 Å². The summed E-state index contributed by atoms with van der Waals surface area (Å²) in [5, 5.41) is 0. The summed E-state index contributed by atoms with van der Waals surface area (Å²) < 4.78 is 30.4. The zero-order valence-electron chi connectivity index (χ0n) is 15.2. The first kappa shape index (κ1) is 17.3. The van der Waals surface area contributed by atoms with Crippen LogP contribution in [-0.2, 0) is 27.8 Å². The minimum Gasteiger partial charge on any atom is -0.346 e. The van der Waals surface area contributed by atoms with Gasteiger partial charge in [-0.25, -0.2) is 13.1 Å². The van der Waals surface area contributed by atoms with Crippen molar-refractivity contribution in [3.8, 4) is 0 Å². The summed E-state index contributed by atoms with van der Waals surface area (Å²) in [5.41, 5.74) is 4.86. The Bertz CT molecular complexity index is 1000. The minimum atomic E-state index is -3.63. The Labute approximate surface area is 153 Å². The molecule has 1 aliphatic heterocycles. The topological polar surface area (TPSA) is 71.4 Å². The van der Waals surface area contributed by atoms with Gasteiger partial charge >= 0.3 is 0 Å². The van der Waals surface area contributed by atoms with Crippen LogP contribution < -0.4 is 9.62 Å². The number of hydrogen-bond acceptors (Lipinski definition) is 3. The van der Waals surface area contributed by atoms with Crippen molar-refractivity contribution < 1.29 is 13.2 Å². The summed E-state index contributed by atoms with van der Waals surface area (Å²) in [5.74, 6) is -0.0185. The molecule has 0 bridgehead atoms. The van der Waals surface area contributed by atoms with E-state index in [9.17, 15) is 13.2 Å². The van der Waals surface area contributed by atoms with Crippen molar-refractivity contribution >= 4 is 21.6 Å². The molecule has 1 aromatic carbocycles. The number of carbonyl (C=O) groups is 1. The lowest BCUT2D eigenvalue weighted by Crippen LogP contribution is -2.23. The number of benzene rings is 1. The van der Waals surface area contributed by atoms with Crippen molar-refractivity contribution in [3.05, 3.63) is 46.8 Å². The van der Waals surface area contributed by atoms with E-state index in [1.807, 2.05) is 6.92 Å². The van der Waals surface area contributed by atoms with Crippen molar-refractivity contribution in [2.75, 3.05) is 11.9 Å². The van der Waals surface area contributed by atoms with Crippen LogP contribution in [0.5, 0.6) is 0 Å². The molecule has 6 nitrogen and oxygen atoms in total. The van der Waals surface area contributed by atoms with Crippen LogP contribution in [0.3, 0.4) is 0 Å². The highest BCUT2D eigenvalue weighted by Crippen LogP contribution is 2.38. The third-order valence-corrected chi connectivity index (χ3v) is 6.79. The molecule has 2 aliphatic rings. The van der Waals surface area contributed by atoms with Crippen molar-refractivity contribution in [3.63, 3.8) is 0 Å². The van der Waals surface area contributed by atoms with Crippen LogP contribution in [0.15, 0.2) is 29.2 Å². The molecule has 1 aliphatic carbocycles. The van der Waals surface area contributed by atoms with Crippen molar-refractivity contribution in [2.45, 2.75) is 50.6 Å². The van der Waals surface area contributed by atoms with Gasteiger partial charge in [0.25, 0.3) is 0 Å². The number of fused-ring (bicyclic) bond motifs is 1. The lowest BCUT2D eigenvalue weighted by atomic mass is 10.2. The zero-order chi connectivity index (χ0) is 18.6. The number of likely N-dealkylation sites (N-methyl/N-ethyl adjacent to an activating group) is 1. The highest BCUT2D eigenvalue weighted by Gasteiger charge is 2.28. The fraction of sp³-hybridized carbons (Fsp3) is 0.421. The number of anilines is 1. The summed E-state index contributed by atoms with van der Waals surface area (Å²) >= 11 is 0. The SMILES string of the molecule is Cc1cc(CNS(=O)(=O)c2ccc3c(c2)CC(=O)N3C)c(C)n1C1CC1. The van der Waals surface area contributed by atoms with E-state index in [2.05, 4.69) is 22.3 Å². The average Bonchev–Trinajstić information content (AvgIpc) is 3.32. The van der Waals surface area contributed by atoms with E-state index in [1.165, 1.54) is 18.5 Å². The minimum absolute atomic E-state index is 0.0185. The molecule has 138 valence electrons. The van der Waals surface area contributed by atoms with E-state index in [4.69, 9.17) is 0 Å². The molecule has 7 heteroatoms. The van der Waals surface area contributed by atoms with Crippen molar-refractivity contribution in [1.29, 1.82) is 0 Å². The first-order valence-corrected chi connectivity index (χ1v) is 10.3. The third-order valence-electron chi connectivity index (χ3n) is 5.39. The van der Waals surface area contributed by atoms with Crippen molar-refractivity contribution in [1.82, 2.24) is 9.29 Å². The quantitative estimate of drug-likeness (QED) is 0.875. The van der Waals surface area contributed by atoms with Gasteiger partial charge in [0.05, 0.1) is 11.3 Å². The van der Waals surface area contributed by atoms with Gasteiger partial charge in [-0.2, -0.15) is 0 Å². The molecule has 1 N–H and O–H groups in total. The molecule has 1 fully saturated rings. The zero-order valence-corrected chi connectivity index (χ0v) is 16.1. The Hall–Kier alpha value is -2.12. The molecule has 4 rings (SSSR count). The smallest absolute Gasteiger partial charge is 0.240 e. The summed E-state index contributed by atoms with van der Waals surface area (Å²) in [6.07, 6.45) is 2.64. The molecule has 26 heavy (non-hydrogen) atoms. The first-order valence-electron chi connectivity index (χ1n) is 8.84. The van der Waals surface area contributed by atoms with Gasteiger partial charge < -0.3 is 9.47 Å². The molecule has 2 aromatic rings. The number of amides is 1. The third kappa shape index (κ3) is 2.85. The summed E-state index contributed by atoms with van der Waals surface area (Å²) in [6, 6.07) is 7.50. The second-order valence-electron chi connectivity index (χ2n) is 7.24. The maximum absolute atomic E-state index is 12.7. The highest BCUT2D eigenvalue weighted by atomic mass is 32.2. The molecule has 0 saturated heterocycles. The lowest BCUT2D eigenvalue weighted by molar-refractivity contribution is -0.117. The number of sulfonamides is 1. The Kier molecular flexibility index (Phi) is 3.96. The highest BCUT2D eigenvalue weighted by molar-refractivity contribution is 7.89. The lowest BCUT2D eigenvalue weighted by Gasteiger charge is -2.12. The molecule has 0 radical (unpaired) electrons. The van der Waals surface area contributed by atoms with Gasteiger partial charge in [-0.3, -0.25) is 4.79 Å². The molecular weight excluding hydrogens is 350 g/mol. The summed E-state index contributed by atoms with van der Waals surface area (Å²) in [4.78, 5) is 13.6. The Morgan fingerprint density at radius 3 is 2.62 bits per heavy atom. The van der Waals surface area contributed by atoms with E-state index in [-0.39, 0.29) is 23.8 Å². The molecule has 1 saturated carbocycles. The molecule has 0 unspecified atom stereocenters. The largest absolute Gasteiger partial charge is 0.346 e. The van der Waals surface area contributed by atoms with E-state index < -0.39 is 10.0 Å². The normalized spacial score (nSPS) is 17.0. The molecule has 1 amide bonds. The maximum atomic E-state index is 12.7. The monoisotopic (exact) mass is 373 g/mol. The number of hydrogen-bond donors (Lipinski definition) is 1. The number of rotatable bonds is 5. The van der Waals surface area contributed by atoms with Crippen LogP contribution in [-0.4, -0.2) is 25.9 Å². The predicted molar refractivity (Wildman–Crippen MR) is 99.8 cm³/mol. The van der Waals surface area contributed by atoms with E-state index in [0.29, 0.717) is 6.04 Å². The van der Waals surface area contributed by atoms with Crippen LogP contribution >= 0.6 is 0 Å². The van der Waals surface area contributed by atoms with Crippen LogP contribution in [0, 0.1) is 13.8 Å². The van der Waals surface area contributed by atoms with Crippen LogP contribution in [0.4, 0.5) is 5.69 Å². The maximum Gasteiger partial charge on any atom is 0.240 e. The Morgan fingerprint density at radius 1 is 1.19 bits per heavy atom. The van der Waals surface area contributed by atoms with Crippen LogP contribution in [0.25, 0.3) is 0 Å². The molecule has 2 heterocycles. The van der Waals surface area contributed by atoms with E-state index in [1.54, 1.807) is 30.1 Å². The number of aromatic nitrogens is 1. The first-order chi connectivity index (χ1) is 12.3. The van der Waals surface area contributed by atoms with E-state index >= 15 is 0 Å². The average molecular weight is 373 g/mol. The number of nitrogens with one attached hydrogen (secondary N) is 1. The van der Waals surface area contributed by atoms with Gasteiger partial charge in [-0.1, -0.05) is 0 Å². The molecule has 0 atom stereocenters. The fourth-order valence-corrected chi connectivity index (χ4v) is 4.85. The van der Waals surface area contributed by atoms with Gasteiger partial charge in [0.2, 0.25) is 15.9 Å². The second-order valence-corrected chi connectivity index (χ2v) is 9.01. The molecule has 0 spiro atoms. The van der Waals surface area contributed by atoms with Gasteiger partial charge in [0.1, 0.15) is 0 Å². The predicted octanol–water partition coefficient (Wildman–Crippen LogP) is 2.44. The summed E-state index contributed by atoms with van der Waals surface area (Å²) in [6.45, 7) is 4.38. The van der Waals surface area contributed by atoms with Gasteiger partial charge in [-0.15, -0.1) is 0 Å². The Morgan fingerprint density at radius 2 is 1.92 bits per heavy atom.